The van der Waals surface area contributed by atoms with E-state index in [1.165, 1.54) is 12.1 Å². The molecular weight excluding hydrogens is 282 g/mol. The van der Waals surface area contributed by atoms with Gasteiger partial charge in [-0.1, -0.05) is 31.9 Å². The highest BCUT2D eigenvalue weighted by Crippen LogP contribution is 2.26. The van der Waals surface area contributed by atoms with Crippen molar-refractivity contribution in [1.82, 2.24) is 4.72 Å². The highest BCUT2D eigenvalue weighted by Gasteiger charge is 2.24. The van der Waals surface area contributed by atoms with Crippen LogP contribution in [0, 0.1) is 5.92 Å². The van der Waals surface area contributed by atoms with Crippen molar-refractivity contribution in [2.75, 3.05) is 6.61 Å². The minimum Gasteiger partial charge on any atom is -0.395 e. The Morgan fingerprint density at radius 2 is 2.18 bits per heavy atom. The summed E-state index contributed by atoms with van der Waals surface area (Å²) in [4.78, 5) is 0. The predicted octanol–water partition coefficient (Wildman–Crippen LogP) is 2.09. The van der Waals surface area contributed by atoms with Gasteiger partial charge in [-0.2, -0.15) is 0 Å². The monoisotopic (exact) mass is 297 g/mol. The van der Waals surface area contributed by atoms with Crippen molar-refractivity contribution in [3.05, 3.63) is 16.5 Å². The van der Waals surface area contributed by atoms with Crippen molar-refractivity contribution in [2.24, 2.45) is 5.92 Å². The molecule has 0 spiro atoms. The summed E-state index contributed by atoms with van der Waals surface area (Å²) in [6.07, 6.45) is 0.791. The summed E-state index contributed by atoms with van der Waals surface area (Å²) in [6.45, 7) is 3.63. The van der Waals surface area contributed by atoms with E-state index in [0.29, 0.717) is 4.34 Å². The van der Waals surface area contributed by atoms with E-state index >= 15 is 0 Å². The van der Waals surface area contributed by atoms with Crippen molar-refractivity contribution in [2.45, 2.75) is 30.5 Å². The molecule has 0 aliphatic heterocycles. The van der Waals surface area contributed by atoms with Crippen LogP contribution in [0.1, 0.15) is 20.3 Å². The largest absolute Gasteiger partial charge is 0.395 e. The van der Waals surface area contributed by atoms with Crippen LogP contribution in [0.15, 0.2) is 16.3 Å². The first-order valence-corrected chi connectivity index (χ1v) is 7.97. The average Bonchev–Trinajstić information content (AvgIpc) is 2.72. The highest BCUT2D eigenvalue weighted by atomic mass is 35.5. The standard InChI is InChI=1S/C10H16ClNO3S2/c1-3-7(2)8(6-13)12-17(14,15)10-5-4-9(11)16-10/h4-5,7-8,12-13H,3,6H2,1-2H3/t7-,8+/m0/s1. The Kier molecular flexibility index (Phi) is 5.40. The quantitative estimate of drug-likeness (QED) is 0.845. The van der Waals surface area contributed by atoms with Crippen LogP contribution in [-0.2, 0) is 10.0 Å². The lowest BCUT2D eigenvalue weighted by molar-refractivity contribution is 0.219. The van der Waals surface area contributed by atoms with Crippen molar-refractivity contribution in [1.29, 1.82) is 0 Å². The zero-order valence-corrected chi connectivity index (χ0v) is 12.1. The zero-order chi connectivity index (χ0) is 13.1. The van der Waals surface area contributed by atoms with Gasteiger partial charge in [-0.3, -0.25) is 0 Å². The Balaban J connectivity index is 2.85. The molecule has 1 heterocycles. The van der Waals surface area contributed by atoms with Gasteiger partial charge >= 0.3 is 0 Å². The molecule has 2 N–H and O–H groups in total. The molecule has 0 unspecified atom stereocenters. The summed E-state index contributed by atoms with van der Waals surface area (Å²) < 4.78 is 27.0. The van der Waals surface area contributed by atoms with E-state index in [2.05, 4.69) is 4.72 Å². The summed E-state index contributed by atoms with van der Waals surface area (Å²) >= 11 is 6.70. The predicted molar refractivity (Wildman–Crippen MR) is 70.0 cm³/mol. The molecule has 0 saturated heterocycles. The Bertz CT molecular complexity index is 458. The lowest BCUT2D eigenvalue weighted by Gasteiger charge is -2.21. The Morgan fingerprint density at radius 1 is 1.53 bits per heavy atom. The first-order chi connectivity index (χ1) is 7.90. The normalized spacial score (nSPS) is 15.8. The molecule has 2 atom stereocenters. The van der Waals surface area contributed by atoms with Gasteiger partial charge in [0.2, 0.25) is 10.0 Å². The number of aliphatic hydroxyl groups excluding tert-OH is 1. The lowest BCUT2D eigenvalue weighted by Crippen LogP contribution is -2.41. The van der Waals surface area contributed by atoms with E-state index in [9.17, 15) is 13.5 Å². The highest BCUT2D eigenvalue weighted by molar-refractivity contribution is 7.91. The Labute approximate surface area is 111 Å². The number of thiophene rings is 1. The number of nitrogens with one attached hydrogen (secondary N) is 1. The van der Waals surface area contributed by atoms with Gasteiger partial charge in [-0.15, -0.1) is 11.3 Å². The number of hydrogen-bond acceptors (Lipinski definition) is 4. The van der Waals surface area contributed by atoms with Crippen molar-refractivity contribution in [3.63, 3.8) is 0 Å². The zero-order valence-electron chi connectivity index (χ0n) is 9.68. The van der Waals surface area contributed by atoms with E-state index in [1.54, 1.807) is 0 Å². The maximum Gasteiger partial charge on any atom is 0.250 e. The first-order valence-electron chi connectivity index (χ1n) is 5.29. The van der Waals surface area contributed by atoms with Gasteiger partial charge in [-0.05, 0) is 18.1 Å². The second kappa shape index (κ2) is 6.15. The topological polar surface area (TPSA) is 66.4 Å². The fourth-order valence-electron chi connectivity index (χ4n) is 1.32. The lowest BCUT2D eigenvalue weighted by atomic mass is 10.0. The van der Waals surface area contributed by atoms with Crippen LogP contribution in [-0.4, -0.2) is 26.2 Å². The first kappa shape index (κ1) is 14.9. The number of aliphatic hydroxyl groups is 1. The van der Waals surface area contributed by atoms with Gasteiger partial charge in [0.1, 0.15) is 4.21 Å². The summed E-state index contributed by atoms with van der Waals surface area (Å²) in [5.74, 6) is 0.0743. The maximum atomic E-state index is 12.0. The summed E-state index contributed by atoms with van der Waals surface area (Å²) in [5, 5.41) is 9.19. The van der Waals surface area contributed by atoms with Crippen LogP contribution in [0.3, 0.4) is 0 Å². The molecule has 0 saturated carbocycles. The number of halogens is 1. The third-order valence-electron chi connectivity index (χ3n) is 2.65. The molecular formula is C10H16ClNO3S2. The van der Waals surface area contributed by atoms with Crippen LogP contribution < -0.4 is 4.72 Å². The van der Waals surface area contributed by atoms with E-state index in [1.807, 2.05) is 13.8 Å². The molecule has 7 heteroatoms. The molecule has 0 bridgehead atoms. The van der Waals surface area contributed by atoms with Gasteiger partial charge in [0, 0.05) is 6.04 Å². The average molecular weight is 298 g/mol. The number of hydrogen-bond donors (Lipinski definition) is 2. The second-order valence-corrected chi connectivity index (χ2v) is 7.51. The van der Waals surface area contributed by atoms with Crippen LogP contribution in [0.2, 0.25) is 4.34 Å². The minimum atomic E-state index is -3.58. The number of rotatable bonds is 6. The van der Waals surface area contributed by atoms with Gasteiger partial charge in [0.25, 0.3) is 0 Å². The molecule has 1 aromatic heterocycles. The van der Waals surface area contributed by atoms with Crippen LogP contribution in [0.4, 0.5) is 0 Å². The molecule has 17 heavy (non-hydrogen) atoms. The Morgan fingerprint density at radius 3 is 2.59 bits per heavy atom. The molecule has 1 aromatic rings. The van der Waals surface area contributed by atoms with Crippen molar-refractivity contribution < 1.29 is 13.5 Å². The molecule has 0 aliphatic rings. The van der Waals surface area contributed by atoms with Gasteiger partial charge in [0.05, 0.1) is 10.9 Å². The van der Waals surface area contributed by atoms with Crippen LogP contribution in [0.5, 0.6) is 0 Å². The van der Waals surface area contributed by atoms with Gasteiger partial charge in [-0.25, -0.2) is 13.1 Å². The Hall–Kier alpha value is -0.140. The van der Waals surface area contributed by atoms with Gasteiger partial charge < -0.3 is 5.11 Å². The second-order valence-electron chi connectivity index (χ2n) is 3.85. The third-order valence-corrected chi connectivity index (χ3v) is 5.86. The molecule has 4 nitrogen and oxygen atoms in total. The molecule has 0 aliphatic carbocycles. The van der Waals surface area contributed by atoms with E-state index < -0.39 is 16.1 Å². The fraction of sp³-hybridized carbons (Fsp3) is 0.600. The fourth-order valence-corrected chi connectivity index (χ4v) is 4.15. The smallest absolute Gasteiger partial charge is 0.250 e. The van der Waals surface area contributed by atoms with Gasteiger partial charge in [0.15, 0.2) is 0 Å². The van der Waals surface area contributed by atoms with Crippen LogP contribution >= 0.6 is 22.9 Å². The molecule has 0 radical (unpaired) electrons. The summed E-state index contributed by atoms with van der Waals surface area (Å²) in [7, 11) is -3.58. The van der Waals surface area contributed by atoms with Crippen molar-refractivity contribution >= 4 is 33.0 Å². The third kappa shape index (κ3) is 3.93. The van der Waals surface area contributed by atoms with Crippen molar-refractivity contribution in [3.8, 4) is 0 Å². The minimum absolute atomic E-state index is 0.0743. The molecule has 0 fully saturated rings. The van der Waals surface area contributed by atoms with E-state index in [-0.39, 0.29) is 16.7 Å². The molecule has 98 valence electrons. The summed E-state index contributed by atoms with van der Waals surface area (Å²) in [5.41, 5.74) is 0. The van der Waals surface area contributed by atoms with Crippen LogP contribution in [0.25, 0.3) is 0 Å². The molecule has 1 rings (SSSR count). The maximum absolute atomic E-state index is 12.0. The SMILES string of the molecule is CC[C@H](C)[C@@H](CO)NS(=O)(=O)c1ccc(Cl)s1. The molecule has 0 amide bonds. The summed E-state index contributed by atoms with van der Waals surface area (Å²) in [6, 6.07) is 2.53. The van der Waals surface area contributed by atoms with E-state index in [4.69, 9.17) is 11.6 Å². The molecule has 0 aromatic carbocycles. The van der Waals surface area contributed by atoms with E-state index in [0.717, 1.165) is 17.8 Å². The number of sulfonamides is 1.